The van der Waals surface area contributed by atoms with Crippen LogP contribution in [0.15, 0.2) is 55.9 Å². The minimum Gasteiger partial charge on any atom is -0.399 e. The van der Waals surface area contributed by atoms with Crippen molar-refractivity contribution in [1.29, 1.82) is 0 Å². The molecule has 5 N–H and O–H groups in total. The number of benzene rings is 3. The average molecular weight is 1050 g/mol. The second kappa shape index (κ2) is 19.1. The maximum atomic E-state index is 12.0. The van der Waals surface area contributed by atoms with Gasteiger partial charge < -0.3 is 16.8 Å². The van der Waals surface area contributed by atoms with Gasteiger partial charge in [0, 0.05) is 31.9 Å². The molecular formula is C21H14Br3Cl5F3I2N3O. The Balaban J connectivity index is 0.000000537. The summed E-state index contributed by atoms with van der Waals surface area (Å²) in [5, 5.41) is 3.69. The number of nitrogens with two attached hydrogens (primary N) is 2. The van der Waals surface area contributed by atoms with E-state index in [2.05, 4.69) is 70.4 Å². The Morgan fingerprint density at radius 1 is 0.816 bits per heavy atom. The van der Waals surface area contributed by atoms with Crippen LogP contribution in [-0.4, -0.2) is 17.4 Å². The molecule has 0 aliphatic heterocycles. The van der Waals surface area contributed by atoms with Crippen molar-refractivity contribution < 1.29 is 18.0 Å². The zero-order chi connectivity index (χ0) is 29.8. The van der Waals surface area contributed by atoms with Gasteiger partial charge in [0.05, 0.1) is 26.1 Å². The number of hydrogen-bond acceptors (Lipinski definition) is 3. The zero-order valence-electron chi connectivity index (χ0n) is 18.2. The van der Waals surface area contributed by atoms with Crippen molar-refractivity contribution in [1.82, 2.24) is 0 Å². The summed E-state index contributed by atoms with van der Waals surface area (Å²) in [4.78, 5) is 10.7. The van der Waals surface area contributed by atoms with Gasteiger partial charge in [-0.2, -0.15) is 13.2 Å². The van der Waals surface area contributed by atoms with Gasteiger partial charge in [-0.15, -0.1) is 23.2 Å². The number of nitrogen functional groups attached to an aromatic ring is 2. The highest BCUT2D eigenvalue weighted by molar-refractivity contribution is 14.1. The smallest absolute Gasteiger partial charge is 0.399 e. The summed E-state index contributed by atoms with van der Waals surface area (Å²) < 4.78 is 39.5. The van der Waals surface area contributed by atoms with Crippen molar-refractivity contribution >= 4 is 174 Å². The van der Waals surface area contributed by atoms with E-state index in [0.29, 0.717) is 28.8 Å². The first-order valence-electron chi connectivity index (χ1n) is 9.19. The highest BCUT2D eigenvalue weighted by atomic mass is 127. The van der Waals surface area contributed by atoms with Crippen LogP contribution < -0.4 is 16.8 Å². The van der Waals surface area contributed by atoms with Gasteiger partial charge in [-0.25, -0.2) is 0 Å². The van der Waals surface area contributed by atoms with Crippen molar-refractivity contribution in [2.75, 3.05) is 22.1 Å². The highest BCUT2D eigenvalue weighted by Gasteiger charge is 2.39. The molecule has 3 aromatic rings. The molecule has 0 spiro atoms. The molecule has 0 aliphatic rings. The topological polar surface area (TPSA) is 81.1 Å². The Labute approximate surface area is 294 Å². The fourth-order valence-corrected chi connectivity index (χ4v) is 4.84. The molecular weight excluding hydrogens is 1040 g/mol. The van der Waals surface area contributed by atoms with E-state index in [4.69, 9.17) is 69.5 Å². The summed E-state index contributed by atoms with van der Waals surface area (Å²) in [7, 11) is 0. The molecule has 0 radical (unpaired) electrons. The third kappa shape index (κ3) is 15.2. The number of nitrogens with one attached hydrogen (secondary N) is 1. The molecule has 3 aromatic carbocycles. The van der Waals surface area contributed by atoms with Crippen molar-refractivity contribution in [3.05, 3.63) is 78.1 Å². The lowest BCUT2D eigenvalue weighted by Crippen LogP contribution is -2.30. The number of alkyl halides is 5. The number of rotatable bonds is 1. The maximum Gasteiger partial charge on any atom is 0.471 e. The molecule has 3 rings (SSSR count). The van der Waals surface area contributed by atoms with Crippen molar-refractivity contribution in [2.24, 2.45) is 0 Å². The molecule has 17 heteroatoms. The predicted molar refractivity (Wildman–Crippen MR) is 183 cm³/mol. The summed E-state index contributed by atoms with van der Waals surface area (Å²) in [6.07, 6.45) is -4.91. The number of hydrogen-bond donors (Lipinski definition) is 3. The highest BCUT2D eigenvalue weighted by Crippen LogP contribution is 2.31. The first-order chi connectivity index (χ1) is 17.4. The Morgan fingerprint density at radius 3 is 1.68 bits per heavy atom. The van der Waals surface area contributed by atoms with E-state index < -0.39 is 12.1 Å². The summed E-state index contributed by atoms with van der Waals surface area (Å²) >= 11 is 40.2. The molecule has 0 bridgehead atoms. The third-order valence-electron chi connectivity index (χ3n) is 3.50. The van der Waals surface area contributed by atoms with Crippen LogP contribution in [0.5, 0.6) is 0 Å². The van der Waals surface area contributed by atoms with E-state index in [1.807, 2.05) is 6.07 Å². The van der Waals surface area contributed by atoms with Crippen molar-refractivity contribution in [2.45, 2.75) is 6.18 Å². The zero-order valence-corrected chi connectivity index (χ0v) is 31.1. The Morgan fingerprint density at radius 2 is 1.26 bits per heavy atom. The number of carbonyl (C=O) groups is 1. The van der Waals surface area contributed by atoms with Gasteiger partial charge in [0.1, 0.15) is 0 Å². The van der Waals surface area contributed by atoms with Gasteiger partial charge >= 0.3 is 12.1 Å². The lowest BCUT2D eigenvalue weighted by atomic mass is 10.3. The molecule has 0 atom stereocenters. The van der Waals surface area contributed by atoms with Crippen LogP contribution >= 0.6 is 151 Å². The lowest BCUT2D eigenvalue weighted by Gasteiger charge is -2.10. The Bertz CT molecular complexity index is 1190. The maximum absolute atomic E-state index is 12.0. The first kappa shape index (κ1) is 38.9. The molecule has 0 heterocycles. The Hall–Kier alpha value is 0.870. The van der Waals surface area contributed by atoms with Gasteiger partial charge in [0.15, 0.2) is 0 Å². The van der Waals surface area contributed by atoms with Crippen LogP contribution in [0, 0.1) is 7.14 Å². The van der Waals surface area contributed by atoms with E-state index in [-0.39, 0.29) is 11.0 Å². The number of halogens is 13. The van der Waals surface area contributed by atoms with Gasteiger partial charge in [0.2, 0.25) is 0 Å². The predicted octanol–water partition coefficient (Wildman–Crippen LogP) is 11.6. The number of amides is 1. The number of carbonyl (C=O) groups excluding carboxylic acids is 1. The van der Waals surface area contributed by atoms with Crippen LogP contribution in [0.3, 0.4) is 0 Å². The molecule has 0 fully saturated rings. The summed E-state index contributed by atoms with van der Waals surface area (Å²) in [6, 6.07) is 11.6. The molecule has 0 aliphatic carbocycles. The van der Waals surface area contributed by atoms with E-state index >= 15 is 0 Å². The van der Waals surface area contributed by atoms with E-state index in [1.165, 1.54) is 12.1 Å². The van der Waals surface area contributed by atoms with E-state index in [0.717, 1.165) is 18.2 Å². The number of anilines is 3. The molecule has 0 aromatic heterocycles. The second-order valence-corrected chi connectivity index (χ2v) is 13.2. The summed E-state index contributed by atoms with van der Waals surface area (Å²) in [5.41, 5.74) is 12.5. The van der Waals surface area contributed by atoms with E-state index in [1.54, 1.807) is 52.2 Å². The second-order valence-electron chi connectivity index (χ2n) is 6.26. The molecule has 0 saturated carbocycles. The van der Waals surface area contributed by atoms with Crippen molar-refractivity contribution in [3.8, 4) is 0 Å². The van der Waals surface area contributed by atoms with Crippen molar-refractivity contribution in [3.63, 3.8) is 0 Å². The molecule has 210 valence electrons. The lowest BCUT2D eigenvalue weighted by molar-refractivity contribution is -0.167. The van der Waals surface area contributed by atoms with Crippen LogP contribution in [-0.2, 0) is 4.79 Å². The van der Waals surface area contributed by atoms with Gasteiger partial charge in [-0.3, -0.25) is 4.79 Å². The standard InChI is InChI=1S/C8H3BrClF3INO.C6H4BrClIN.C6H5BrClN.CH2Cl2/c9-3-1-6(5(14)2-4(3)10)15-7(16)8(11,12)13;7-3-1-6(10)5(9)2-4(3)8;7-5-3-4(9)1-2-6(5)8;2-1-3/h1-2H,(H,15,16);1-2H,10H2;1-3H,9H2;1H2. The minimum absolute atomic E-state index is 0.0548. The van der Waals surface area contributed by atoms with Crippen LogP contribution in [0.2, 0.25) is 15.1 Å². The monoisotopic (exact) mass is 1050 g/mol. The molecule has 38 heavy (non-hydrogen) atoms. The molecule has 0 saturated heterocycles. The average Bonchev–Trinajstić information content (AvgIpc) is 2.79. The third-order valence-corrected chi connectivity index (χ3v) is 8.93. The normalized spacial score (nSPS) is 10.1. The summed E-state index contributed by atoms with van der Waals surface area (Å²) in [5.74, 6) is -2.01. The van der Waals surface area contributed by atoms with E-state index in [9.17, 15) is 18.0 Å². The van der Waals surface area contributed by atoms with Crippen LogP contribution in [0.4, 0.5) is 30.2 Å². The largest absolute Gasteiger partial charge is 0.471 e. The van der Waals surface area contributed by atoms with Crippen LogP contribution in [0.25, 0.3) is 0 Å². The SMILES string of the molecule is ClCCl.Nc1cc(Br)c(Cl)cc1I.Nc1ccc(Cl)c(Br)c1.O=C(Nc1cc(Br)c(Cl)cc1I)C(F)(F)F. The fourth-order valence-electron chi connectivity index (χ4n) is 1.86. The fraction of sp³-hybridized carbons (Fsp3) is 0.0952. The molecule has 0 unspecified atom stereocenters. The minimum atomic E-state index is -4.91. The van der Waals surface area contributed by atoms with Gasteiger partial charge in [-0.1, -0.05) is 34.8 Å². The van der Waals surface area contributed by atoms with Crippen LogP contribution in [0.1, 0.15) is 0 Å². The Kier molecular flexibility index (Phi) is 19.6. The molecule has 4 nitrogen and oxygen atoms in total. The molecule has 1 amide bonds. The summed E-state index contributed by atoms with van der Waals surface area (Å²) in [6.45, 7) is 0. The van der Waals surface area contributed by atoms with Gasteiger partial charge in [-0.05, 0) is 135 Å². The first-order valence-corrected chi connectivity index (χ1v) is 15.9. The van der Waals surface area contributed by atoms with Gasteiger partial charge in [0.25, 0.3) is 0 Å². The quantitative estimate of drug-likeness (QED) is 0.0983.